The van der Waals surface area contributed by atoms with Gasteiger partial charge in [-0.15, -0.1) is 0 Å². The summed E-state index contributed by atoms with van der Waals surface area (Å²) < 4.78 is 0. The van der Waals surface area contributed by atoms with Crippen LogP contribution in [0.25, 0.3) is 32.3 Å². The monoisotopic (exact) mass is 538 g/mol. The fraction of sp³-hybridized carbons (Fsp3) is 0.600. The van der Waals surface area contributed by atoms with Gasteiger partial charge in [0.1, 0.15) is 0 Å². The summed E-state index contributed by atoms with van der Waals surface area (Å²) in [5.74, 6) is 0. The van der Waals surface area contributed by atoms with Crippen LogP contribution >= 0.6 is 0 Å². The zero-order valence-corrected chi connectivity index (χ0v) is 27.2. The molecule has 0 aromatic heterocycles. The highest BCUT2D eigenvalue weighted by Crippen LogP contribution is 2.45. The maximum absolute atomic E-state index is 2.63. The largest absolute Gasteiger partial charge is 0.0654 e. The molecule has 0 aliphatic heterocycles. The molecule has 0 N–H and O–H groups in total. The molecule has 0 saturated carbocycles. The molecule has 4 aromatic rings. The lowest BCUT2D eigenvalue weighted by molar-refractivity contribution is 0.591. The van der Waals surface area contributed by atoms with Crippen LogP contribution in [0, 0.1) is 0 Å². The summed E-state index contributed by atoms with van der Waals surface area (Å²) in [6.45, 7) is 16.5. The molecule has 0 unspecified atom stereocenters. The van der Waals surface area contributed by atoms with Gasteiger partial charge in [0.2, 0.25) is 0 Å². The molecule has 0 aliphatic carbocycles. The van der Waals surface area contributed by atoms with Crippen LogP contribution in [0.15, 0.2) is 30.3 Å². The van der Waals surface area contributed by atoms with E-state index in [0.29, 0.717) is 0 Å². The van der Waals surface area contributed by atoms with E-state index in [-0.39, 0.29) is 5.41 Å². The molecule has 0 radical (unpaired) electrons. The van der Waals surface area contributed by atoms with E-state index in [1.165, 1.54) is 124 Å². The lowest BCUT2D eigenvalue weighted by Gasteiger charge is -2.27. The average Bonchev–Trinajstić information content (AvgIpc) is 2.93. The smallest absolute Gasteiger partial charge is 0.00183 e. The summed E-state index contributed by atoms with van der Waals surface area (Å²) in [7, 11) is 0. The fourth-order valence-electron chi connectivity index (χ4n) is 7.10. The molecule has 40 heavy (non-hydrogen) atoms. The minimum atomic E-state index is 0.149. The molecular formula is C40H58. The van der Waals surface area contributed by atoms with E-state index >= 15 is 0 Å². The van der Waals surface area contributed by atoms with Crippen molar-refractivity contribution in [3.63, 3.8) is 0 Å². The Balaban J connectivity index is 2.10. The molecule has 0 nitrogen and oxygen atoms in total. The Morgan fingerprint density at radius 2 is 1.00 bits per heavy atom. The average molecular weight is 539 g/mol. The van der Waals surface area contributed by atoms with Gasteiger partial charge >= 0.3 is 0 Å². The minimum Gasteiger partial charge on any atom is -0.0654 e. The van der Waals surface area contributed by atoms with E-state index in [4.69, 9.17) is 0 Å². The van der Waals surface area contributed by atoms with Crippen molar-refractivity contribution in [1.29, 1.82) is 0 Å². The highest BCUT2D eigenvalue weighted by Gasteiger charge is 2.24. The van der Waals surface area contributed by atoms with Crippen LogP contribution in [-0.4, -0.2) is 0 Å². The van der Waals surface area contributed by atoms with E-state index < -0.39 is 0 Å². The Bertz CT molecular complexity index is 1360. The Labute approximate surface area is 246 Å². The number of benzene rings is 4. The van der Waals surface area contributed by atoms with Crippen LogP contribution in [0.3, 0.4) is 0 Å². The maximum atomic E-state index is 2.63. The SMILES string of the molecule is CCCCCc1c(CCCCC)c2ccc3cc(C(C)(C)C)cc4cc(CCCCC)c(c1CCCCC)c2c34. The normalized spacial score (nSPS) is 12.5. The third kappa shape index (κ3) is 6.69. The van der Waals surface area contributed by atoms with Crippen molar-refractivity contribution in [1.82, 2.24) is 0 Å². The molecule has 0 saturated heterocycles. The van der Waals surface area contributed by atoms with Gasteiger partial charge < -0.3 is 0 Å². The third-order valence-corrected chi connectivity index (χ3v) is 9.41. The quantitative estimate of drug-likeness (QED) is 0.0982. The highest BCUT2D eigenvalue weighted by molar-refractivity contribution is 6.25. The Hall–Kier alpha value is -2.08. The first-order valence-electron chi connectivity index (χ1n) is 17.1. The molecule has 0 bridgehead atoms. The lowest BCUT2D eigenvalue weighted by atomic mass is 9.77. The topological polar surface area (TPSA) is 0 Å². The molecule has 0 spiro atoms. The molecule has 218 valence electrons. The van der Waals surface area contributed by atoms with Gasteiger partial charge in [-0.25, -0.2) is 0 Å². The molecule has 4 rings (SSSR count). The Morgan fingerprint density at radius 3 is 1.57 bits per heavy atom. The van der Waals surface area contributed by atoms with Gasteiger partial charge in [-0.3, -0.25) is 0 Å². The van der Waals surface area contributed by atoms with Crippen LogP contribution in [0.1, 0.15) is 153 Å². The van der Waals surface area contributed by atoms with Crippen molar-refractivity contribution < 1.29 is 0 Å². The van der Waals surface area contributed by atoms with E-state index in [9.17, 15) is 0 Å². The van der Waals surface area contributed by atoms with E-state index in [2.05, 4.69) is 78.8 Å². The summed E-state index contributed by atoms with van der Waals surface area (Å²) in [5, 5.41) is 9.31. The number of rotatable bonds is 16. The third-order valence-electron chi connectivity index (χ3n) is 9.41. The first-order chi connectivity index (χ1) is 19.3. The summed E-state index contributed by atoms with van der Waals surface area (Å²) in [5.41, 5.74) is 8.44. The molecule has 0 heterocycles. The van der Waals surface area contributed by atoms with Crippen LogP contribution in [0.2, 0.25) is 0 Å². The standard InChI is InChI=1S/C40H58/c1-8-12-16-20-29-26-31-28-32(40(5,6)7)27-30-24-25-36-34(22-18-14-10-3)33(21-17-13-9-2)35(23-19-15-11-4)38(29)39(36)37(30)31/h24-28H,8-23H2,1-7H3. The lowest BCUT2D eigenvalue weighted by Crippen LogP contribution is -2.11. The van der Waals surface area contributed by atoms with Crippen LogP contribution in [-0.2, 0) is 31.1 Å². The zero-order valence-electron chi connectivity index (χ0n) is 27.2. The molecule has 0 amide bonds. The van der Waals surface area contributed by atoms with Crippen molar-refractivity contribution in [2.24, 2.45) is 0 Å². The van der Waals surface area contributed by atoms with Crippen LogP contribution in [0.5, 0.6) is 0 Å². The van der Waals surface area contributed by atoms with Crippen molar-refractivity contribution in [3.05, 3.63) is 58.1 Å². The number of hydrogen-bond acceptors (Lipinski definition) is 0. The molecule has 0 aliphatic rings. The van der Waals surface area contributed by atoms with Crippen LogP contribution in [0.4, 0.5) is 0 Å². The summed E-state index contributed by atoms with van der Waals surface area (Å²) in [6, 6.07) is 12.7. The Kier molecular flexibility index (Phi) is 11.0. The zero-order chi connectivity index (χ0) is 28.7. The molecule has 0 heteroatoms. The number of aryl methyl sites for hydroxylation is 3. The fourth-order valence-corrected chi connectivity index (χ4v) is 7.10. The maximum Gasteiger partial charge on any atom is -0.00183 e. The second-order valence-electron chi connectivity index (χ2n) is 13.7. The van der Waals surface area contributed by atoms with Crippen molar-refractivity contribution in [2.45, 2.75) is 157 Å². The molecule has 0 atom stereocenters. The summed E-state index contributed by atoms with van der Waals surface area (Å²) >= 11 is 0. The first-order valence-corrected chi connectivity index (χ1v) is 17.1. The molecule has 0 fully saturated rings. The van der Waals surface area contributed by atoms with E-state index in [0.717, 1.165) is 0 Å². The van der Waals surface area contributed by atoms with Gasteiger partial charge in [0, 0.05) is 0 Å². The summed E-state index contributed by atoms with van der Waals surface area (Å²) in [4.78, 5) is 0. The molecular weight excluding hydrogens is 480 g/mol. The highest BCUT2D eigenvalue weighted by atomic mass is 14.3. The van der Waals surface area contributed by atoms with Gasteiger partial charge in [0.25, 0.3) is 0 Å². The van der Waals surface area contributed by atoms with Gasteiger partial charge in [-0.2, -0.15) is 0 Å². The predicted octanol–water partition coefficient (Wildman–Crippen LogP) is 12.8. The van der Waals surface area contributed by atoms with E-state index in [1.807, 2.05) is 0 Å². The first kappa shape index (κ1) is 30.9. The van der Waals surface area contributed by atoms with Gasteiger partial charge in [-0.1, -0.05) is 130 Å². The van der Waals surface area contributed by atoms with E-state index in [1.54, 1.807) is 38.4 Å². The predicted molar refractivity (Wildman–Crippen MR) is 182 cm³/mol. The van der Waals surface area contributed by atoms with Crippen LogP contribution < -0.4 is 0 Å². The molecule has 4 aromatic carbocycles. The van der Waals surface area contributed by atoms with Crippen molar-refractivity contribution in [2.75, 3.05) is 0 Å². The van der Waals surface area contributed by atoms with Gasteiger partial charge in [0.15, 0.2) is 0 Å². The van der Waals surface area contributed by atoms with Gasteiger partial charge in [0.05, 0.1) is 0 Å². The number of hydrogen-bond donors (Lipinski definition) is 0. The number of unbranched alkanes of at least 4 members (excludes halogenated alkanes) is 8. The second-order valence-corrected chi connectivity index (χ2v) is 13.7. The van der Waals surface area contributed by atoms with Gasteiger partial charge in [-0.05, 0) is 117 Å². The second kappa shape index (κ2) is 14.2. The van der Waals surface area contributed by atoms with Crippen molar-refractivity contribution in [3.8, 4) is 0 Å². The van der Waals surface area contributed by atoms with Crippen molar-refractivity contribution >= 4 is 32.3 Å². The Morgan fingerprint density at radius 1 is 0.475 bits per heavy atom. The minimum absolute atomic E-state index is 0.149. The summed E-state index contributed by atoms with van der Waals surface area (Å²) in [6.07, 6.45) is 20.7.